The number of sulfonamides is 1. The molecular formula is C17H22N2O4S. The second-order valence-electron chi connectivity index (χ2n) is 5.68. The van der Waals surface area contributed by atoms with Crippen LogP contribution in [0.5, 0.6) is 0 Å². The van der Waals surface area contributed by atoms with Crippen molar-refractivity contribution in [3.8, 4) is 0 Å². The summed E-state index contributed by atoms with van der Waals surface area (Å²) in [5.74, 6) is 0.968. The number of benzene rings is 1. The summed E-state index contributed by atoms with van der Waals surface area (Å²) in [7, 11) is -3.39. The van der Waals surface area contributed by atoms with Crippen LogP contribution >= 0.6 is 0 Å². The van der Waals surface area contributed by atoms with Gasteiger partial charge in [-0.1, -0.05) is 13.0 Å². The van der Waals surface area contributed by atoms with Crippen LogP contribution < -0.4 is 10.0 Å². The lowest BCUT2D eigenvalue weighted by Gasteiger charge is -2.14. The average molecular weight is 350 g/mol. The highest BCUT2D eigenvalue weighted by molar-refractivity contribution is 7.92. The number of furan rings is 1. The largest absolute Gasteiger partial charge is 0.466 e. The van der Waals surface area contributed by atoms with E-state index in [2.05, 4.69) is 10.0 Å². The van der Waals surface area contributed by atoms with Crippen LogP contribution in [0.25, 0.3) is 0 Å². The van der Waals surface area contributed by atoms with Gasteiger partial charge in [-0.05, 0) is 51.0 Å². The first-order valence-corrected chi connectivity index (χ1v) is 9.37. The van der Waals surface area contributed by atoms with E-state index in [0.29, 0.717) is 40.4 Å². The number of carbonyl (C=O) groups is 1. The standard InChI is InChI=1S/C17H22N2O4S/c1-5-9-24(21,22)19-16-8-6-7-15(12(16)3)18-17(20)14-10-11(2)23-13(14)4/h6-8,10,19H,5,9H2,1-4H3,(H,18,20). The van der Waals surface area contributed by atoms with Crippen molar-refractivity contribution in [1.29, 1.82) is 0 Å². The molecule has 1 amide bonds. The molecule has 0 aliphatic rings. The van der Waals surface area contributed by atoms with E-state index in [-0.39, 0.29) is 11.7 Å². The highest BCUT2D eigenvalue weighted by Crippen LogP contribution is 2.25. The van der Waals surface area contributed by atoms with E-state index < -0.39 is 10.0 Å². The second-order valence-corrected chi connectivity index (χ2v) is 7.52. The monoisotopic (exact) mass is 350 g/mol. The molecule has 2 aromatic rings. The van der Waals surface area contributed by atoms with Crippen LogP contribution in [-0.2, 0) is 10.0 Å². The number of nitrogens with one attached hydrogen (secondary N) is 2. The van der Waals surface area contributed by atoms with Crippen LogP contribution in [0.2, 0.25) is 0 Å². The highest BCUT2D eigenvalue weighted by atomic mass is 32.2. The van der Waals surface area contributed by atoms with Crippen molar-refractivity contribution in [2.45, 2.75) is 34.1 Å². The van der Waals surface area contributed by atoms with Crippen molar-refractivity contribution in [3.63, 3.8) is 0 Å². The Morgan fingerprint density at radius 1 is 1.17 bits per heavy atom. The fourth-order valence-corrected chi connectivity index (χ4v) is 3.61. The average Bonchev–Trinajstić information content (AvgIpc) is 2.82. The number of hydrogen-bond donors (Lipinski definition) is 2. The van der Waals surface area contributed by atoms with Crippen molar-refractivity contribution in [2.24, 2.45) is 0 Å². The van der Waals surface area contributed by atoms with E-state index in [9.17, 15) is 13.2 Å². The van der Waals surface area contributed by atoms with Crippen molar-refractivity contribution in [1.82, 2.24) is 0 Å². The van der Waals surface area contributed by atoms with Gasteiger partial charge < -0.3 is 9.73 Å². The van der Waals surface area contributed by atoms with Crippen molar-refractivity contribution in [3.05, 3.63) is 46.9 Å². The lowest BCUT2D eigenvalue weighted by Crippen LogP contribution is -2.18. The van der Waals surface area contributed by atoms with E-state index in [4.69, 9.17) is 4.42 Å². The van der Waals surface area contributed by atoms with Gasteiger partial charge in [-0.3, -0.25) is 9.52 Å². The Morgan fingerprint density at radius 3 is 2.42 bits per heavy atom. The molecule has 1 heterocycles. The number of hydrogen-bond acceptors (Lipinski definition) is 4. The maximum atomic E-state index is 12.4. The van der Waals surface area contributed by atoms with Crippen LogP contribution in [0.3, 0.4) is 0 Å². The predicted octanol–water partition coefficient (Wildman–Crippen LogP) is 3.61. The van der Waals surface area contributed by atoms with Gasteiger partial charge in [0.2, 0.25) is 10.0 Å². The van der Waals surface area contributed by atoms with Gasteiger partial charge in [-0.15, -0.1) is 0 Å². The van der Waals surface area contributed by atoms with Crippen molar-refractivity contribution < 1.29 is 17.6 Å². The molecule has 0 bridgehead atoms. The third-order valence-corrected chi connectivity index (χ3v) is 5.08. The molecule has 1 aromatic heterocycles. The van der Waals surface area contributed by atoms with Crippen LogP contribution in [0.15, 0.2) is 28.7 Å². The van der Waals surface area contributed by atoms with Gasteiger partial charge in [0.25, 0.3) is 5.91 Å². The van der Waals surface area contributed by atoms with Crippen molar-refractivity contribution in [2.75, 3.05) is 15.8 Å². The zero-order chi connectivity index (χ0) is 17.9. The molecule has 2 N–H and O–H groups in total. The molecule has 0 aliphatic carbocycles. The topological polar surface area (TPSA) is 88.4 Å². The summed E-state index contributed by atoms with van der Waals surface area (Å²) in [6.45, 7) is 7.06. The number of aryl methyl sites for hydroxylation is 2. The van der Waals surface area contributed by atoms with Gasteiger partial charge in [0, 0.05) is 5.69 Å². The van der Waals surface area contributed by atoms with E-state index in [1.54, 1.807) is 52.0 Å². The van der Waals surface area contributed by atoms with Gasteiger partial charge in [0.05, 0.1) is 17.0 Å². The summed E-state index contributed by atoms with van der Waals surface area (Å²) in [6, 6.07) is 6.77. The van der Waals surface area contributed by atoms with Gasteiger partial charge in [0.15, 0.2) is 0 Å². The normalized spacial score (nSPS) is 11.3. The highest BCUT2D eigenvalue weighted by Gasteiger charge is 2.16. The van der Waals surface area contributed by atoms with E-state index in [0.717, 1.165) is 0 Å². The SMILES string of the molecule is CCCS(=O)(=O)Nc1cccc(NC(=O)c2cc(C)oc2C)c1C. The first-order chi connectivity index (χ1) is 11.2. The maximum absolute atomic E-state index is 12.4. The molecule has 24 heavy (non-hydrogen) atoms. The molecule has 6 nitrogen and oxygen atoms in total. The minimum atomic E-state index is -3.39. The van der Waals surface area contributed by atoms with E-state index >= 15 is 0 Å². The Bertz CT molecular complexity index is 853. The Balaban J connectivity index is 2.25. The van der Waals surface area contributed by atoms with Gasteiger partial charge in [0.1, 0.15) is 11.5 Å². The summed E-state index contributed by atoms with van der Waals surface area (Å²) in [5.41, 5.74) is 2.13. The minimum absolute atomic E-state index is 0.0521. The van der Waals surface area contributed by atoms with Crippen LogP contribution in [0, 0.1) is 20.8 Å². The molecule has 0 fully saturated rings. The maximum Gasteiger partial charge on any atom is 0.259 e. The number of anilines is 2. The molecule has 0 unspecified atom stereocenters. The zero-order valence-corrected chi connectivity index (χ0v) is 15.1. The molecule has 0 saturated heterocycles. The molecule has 0 spiro atoms. The van der Waals surface area contributed by atoms with Crippen LogP contribution in [0.4, 0.5) is 11.4 Å². The van der Waals surface area contributed by atoms with Gasteiger partial charge in [-0.25, -0.2) is 8.42 Å². The summed E-state index contributed by atoms with van der Waals surface area (Å²) in [6.07, 6.45) is 0.532. The van der Waals surface area contributed by atoms with Gasteiger partial charge in [-0.2, -0.15) is 0 Å². The lowest BCUT2D eigenvalue weighted by molar-refractivity contribution is 0.102. The van der Waals surface area contributed by atoms with Crippen molar-refractivity contribution >= 4 is 27.3 Å². The summed E-state index contributed by atoms with van der Waals surface area (Å²) < 4.78 is 31.8. The smallest absolute Gasteiger partial charge is 0.259 e. The first kappa shape index (κ1) is 18.1. The number of carbonyl (C=O) groups excluding carboxylic acids is 1. The second kappa shape index (κ2) is 7.09. The Labute approximate surface area is 142 Å². The van der Waals surface area contributed by atoms with Crippen LogP contribution in [0.1, 0.15) is 40.8 Å². The molecule has 1 aromatic carbocycles. The quantitative estimate of drug-likeness (QED) is 0.833. The molecular weight excluding hydrogens is 328 g/mol. The molecule has 0 aliphatic heterocycles. The Hall–Kier alpha value is -2.28. The number of amides is 1. The minimum Gasteiger partial charge on any atom is -0.466 e. The Morgan fingerprint density at radius 2 is 1.83 bits per heavy atom. The Kier molecular flexibility index (Phi) is 5.33. The van der Waals surface area contributed by atoms with E-state index in [1.807, 2.05) is 0 Å². The molecule has 2 rings (SSSR count). The predicted molar refractivity (Wildman–Crippen MR) is 95.0 cm³/mol. The number of rotatable bonds is 6. The molecule has 7 heteroatoms. The fourth-order valence-electron chi connectivity index (χ4n) is 2.41. The summed E-state index contributed by atoms with van der Waals surface area (Å²) in [4.78, 5) is 12.4. The third kappa shape index (κ3) is 4.17. The molecule has 0 atom stereocenters. The first-order valence-electron chi connectivity index (χ1n) is 7.72. The summed E-state index contributed by atoms with van der Waals surface area (Å²) in [5, 5.41) is 2.81. The molecule has 0 saturated carbocycles. The third-order valence-electron chi connectivity index (χ3n) is 3.61. The van der Waals surface area contributed by atoms with E-state index in [1.165, 1.54) is 0 Å². The lowest BCUT2D eigenvalue weighted by atomic mass is 10.1. The zero-order valence-electron chi connectivity index (χ0n) is 14.3. The fraction of sp³-hybridized carbons (Fsp3) is 0.353. The van der Waals surface area contributed by atoms with Crippen LogP contribution in [-0.4, -0.2) is 20.1 Å². The molecule has 130 valence electrons. The summed E-state index contributed by atoms with van der Waals surface area (Å²) >= 11 is 0. The molecule has 0 radical (unpaired) electrons. The van der Waals surface area contributed by atoms with Gasteiger partial charge >= 0.3 is 0 Å².